The molecular formula is C20H21ClN2O2. The van der Waals surface area contributed by atoms with Crippen molar-refractivity contribution in [1.82, 2.24) is 5.32 Å². The summed E-state index contributed by atoms with van der Waals surface area (Å²) in [5, 5.41) is 6.30. The van der Waals surface area contributed by atoms with Crippen molar-refractivity contribution >= 4 is 35.2 Å². The van der Waals surface area contributed by atoms with Gasteiger partial charge in [-0.1, -0.05) is 42.8 Å². The van der Waals surface area contributed by atoms with Gasteiger partial charge < -0.3 is 10.6 Å². The Hall–Kier alpha value is -2.59. The minimum atomic E-state index is -0.307. The van der Waals surface area contributed by atoms with Crippen molar-refractivity contribution in [1.29, 1.82) is 0 Å². The van der Waals surface area contributed by atoms with E-state index in [2.05, 4.69) is 10.6 Å². The van der Waals surface area contributed by atoms with Gasteiger partial charge in [-0.05, 0) is 49.2 Å². The molecule has 1 unspecified atom stereocenters. The van der Waals surface area contributed by atoms with Crippen LogP contribution in [0.2, 0.25) is 5.02 Å². The predicted octanol–water partition coefficient (Wildman–Crippen LogP) is 4.52. The highest BCUT2D eigenvalue weighted by Gasteiger charge is 2.13. The molecule has 0 radical (unpaired) electrons. The van der Waals surface area contributed by atoms with Crippen molar-refractivity contribution in [3.05, 3.63) is 70.8 Å². The summed E-state index contributed by atoms with van der Waals surface area (Å²) in [6, 6.07) is 14.2. The fraction of sp³-hybridized carbons (Fsp3) is 0.200. The van der Waals surface area contributed by atoms with Crippen molar-refractivity contribution in [3.63, 3.8) is 0 Å². The van der Waals surface area contributed by atoms with E-state index in [9.17, 15) is 9.59 Å². The van der Waals surface area contributed by atoms with Gasteiger partial charge in [-0.2, -0.15) is 0 Å². The number of hydrogen-bond acceptors (Lipinski definition) is 2. The average molecular weight is 357 g/mol. The molecule has 1 atom stereocenters. The SMILES string of the molecule is CCC(C)NC(=O)c1ccccc1NC(=O)/C=C/c1ccc(Cl)cc1. The normalized spacial score (nSPS) is 12.0. The molecule has 2 N–H and O–H groups in total. The van der Waals surface area contributed by atoms with E-state index in [1.165, 1.54) is 6.08 Å². The van der Waals surface area contributed by atoms with Gasteiger partial charge in [0.1, 0.15) is 0 Å². The van der Waals surface area contributed by atoms with Gasteiger partial charge in [-0.15, -0.1) is 0 Å². The van der Waals surface area contributed by atoms with E-state index in [4.69, 9.17) is 11.6 Å². The molecule has 4 nitrogen and oxygen atoms in total. The molecule has 25 heavy (non-hydrogen) atoms. The number of para-hydroxylation sites is 1. The lowest BCUT2D eigenvalue weighted by atomic mass is 10.1. The summed E-state index contributed by atoms with van der Waals surface area (Å²) >= 11 is 5.83. The maximum Gasteiger partial charge on any atom is 0.253 e. The number of nitrogens with one attached hydrogen (secondary N) is 2. The average Bonchev–Trinajstić information content (AvgIpc) is 2.61. The van der Waals surface area contributed by atoms with Crippen LogP contribution < -0.4 is 10.6 Å². The quantitative estimate of drug-likeness (QED) is 0.747. The third-order valence-electron chi connectivity index (χ3n) is 3.72. The topological polar surface area (TPSA) is 58.2 Å². The number of amides is 2. The van der Waals surface area contributed by atoms with Gasteiger partial charge in [0, 0.05) is 17.1 Å². The lowest BCUT2D eigenvalue weighted by Gasteiger charge is -2.14. The molecule has 2 rings (SSSR count). The van der Waals surface area contributed by atoms with Gasteiger partial charge in [-0.3, -0.25) is 9.59 Å². The monoisotopic (exact) mass is 356 g/mol. The first-order valence-electron chi connectivity index (χ1n) is 8.14. The molecule has 0 spiro atoms. The number of hydrogen-bond donors (Lipinski definition) is 2. The van der Waals surface area contributed by atoms with E-state index in [-0.39, 0.29) is 17.9 Å². The first-order chi connectivity index (χ1) is 12.0. The van der Waals surface area contributed by atoms with Crippen LogP contribution in [0.5, 0.6) is 0 Å². The van der Waals surface area contributed by atoms with Crippen molar-refractivity contribution in [2.24, 2.45) is 0 Å². The van der Waals surface area contributed by atoms with Crippen molar-refractivity contribution in [3.8, 4) is 0 Å². The zero-order valence-electron chi connectivity index (χ0n) is 14.3. The van der Waals surface area contributed by atoms with Gasteiger partial charge in [-0.25, -0.2) is 0 Å². The Morgan fingerprint density at radius 2 is 1.80 bits per heavy atom. The number of benzene rings is 2. The van der Waals surface area contributed by atoms with Crippen LogP contribution in [0.1, 0.15) is 36.2 Å². The second kappa shape index (κ2) is 9.04. The number of anilines is 1. The molecule has 130 valence electrons. The second-order valence-electron chi connectivity index (χ2n) is 5.70. The maximum atomic E-state index is 12.3. The Morgan fingerprint density at radius 1 is 1.12 bits per heavy atom. The summed E-state index contributed by atoms with van der Waals surface area (Å²) in [6.07, 6.45) is 3.95. The van der Waals surface area contributed by atoms with E-state index in [0.717, 1.165) is 12.0 Å². The summed E-state index contributed by atoms with van der Waals surface area (Å²) in [5.74, 6) is -0.509. The van der Waals surface area contributed by atoms with Crippen LogP contribution in [0.3, 0.4) is 0 Å². The highest BCUT2D eigenvalue weighted by atomic mass is 35.5. The molecule has 0 aliphatic heterocycles. The largest absolute Gasteiger partial charge is 0.350 e. The molecular weight excluding hydrogens is 336 g/mol. The third kappa shape index (κ3) is 5.76. The zero-order valence-corrected chi connectivity index (χ0v) is 15.0. The Kier molecular flexibility index (Phi) is 6.78. The smallest absolute Gasteiger partial charge is 0.253 e. The number of rotatable bonds is 6. The van der Waals surface area contributed by atoms with Gasteiger partial charge in [0.15, 0.2) is 0 Å². The molecule has 5 heteroatoms. The molecule has 0 aliphatic rings. The maximum absolute atomic E-state index is 12.3. The summed E-state index contributed by atoms with van der Waals surface area (Å²) in [6.45, 7) is 3.94. The van der Waals surface area contributed by atoms with E-state index in [0.29, 0.717) is 16.3 Å². The molecule has 2 aromatic rings. The Bertz CT molecular complexity index is 770. The van der Waals surface area contributed by atoms with Crippen molar-refractivity contribution < 1.29 is 9.59 Å². The van der Waals surface area contributed by atoms with Gasteiger partial charge >= 0.3 is 0 Å². The highest BCUT2D eigenvalue weighted by Crippen LogP contribution is 2.16. The van der Waals surface area contributed by atoms with E-state index in [1.807, 2.05) is 26.0 Å². The first-order valence-corrected chi connectivity index (χ1v) is 8.52. The minimum Gasteiger partial charge on any atom is -0.350 e. The van der Waals surface area contributed by atoms with E-state index in [1.54, 1.807) is 42.5 Å². The number of carbonyl (C=O) groups is 2. The zero-order chi connectivity index (χ0) is 18.2. The molecule has 0 heterocycles. The van der Waals surface area contributed by atoms with Crippen LogP contribution in [0.25, 0.3) is 6.08 Å². The van der Waals surface area contributed by atoms with Gasteiger partial charge in [0.25, 0.3) is 5.91 Å². The minimum absolute atomic E-state index is 0.0704. The van der Waals surface area contributed by atoms with Crippen LogP contribution in [0, 0.1) is 0 Å². The van der Waals surface area contributed by atoms with Crippen LogP contribution in [-0.4, -0.2) is 17.9 Å². The van der Waals surface area contributed by atoms with Crippen LogP contribution in [0.4, 0.5) is 5.69 Å². The van der Waals surface area contributed by atoms with Crippen molar-refractivity contribution in [2.75, 3.05) is 5.32 Å². The van der Waals surface area contributed by atoms with Crippen LogP contribution in [0.15, 0.2) is 54.6 Å². The Morgan fingerprint density at radius 3 is 2.48 bits per heavy atom. The Labute approximate surface area is 152 Å². The summed E-state index contributed by atoms with van der Waals surface area (Å²) in [7, 11) is 0. The molecule has 0 fully saturated rings. The molecule has 0 saturated heterocycles. The number of halogens is 1. The fourth-order valence-electron chi connectivity index (χ4n) is 2.11. The fourth-order valence-corrected chi connectivity index (χ4v) is 2.24. The molecule has 0 bridgehead atoms. The molecule has 2 aromatic carbocycles. The Balaban J connectivity index is 2.08. The predicted molar refractivity (Wildman–Crippen MR) is 103 cm³/mol. The van der Waals surface area contributed by atoms with E-state index >= 15 is 0 Å². The number of carbonyl (C=O) groups excluding carboxylic acids is 2. The summed E-state index contributed by atoms with van der Waals surface area (Å²) in [5.41, 5.74) is 1.78. The molecule has 0 aliphatic carbocycles. The third-order valence-corrected chi connectivity index (χ3v) is 3.97. The second-order valence-corrected chi connectivity index (χ2v) is 6.14. The summed E-state index contributed by atoms with van der Waals surface area (Å²) < 4.78 is 0. The first kappa shape index (κ1) is 18.7. The molecule has 2 amide bonds. The highest BCUT2D eigenvalue weighted by molar-refractivity contribution is 6.30. The van der Waals surface area contributed by atoms with E-state index < -0.39 is 0 Å². The van der Waals surface area contributed by atoms with Crippen LogP contribution >= 0.6 is 11.6 Å². The summed E-state index contributed by atoms with van der Waals surface area (Å²) in [4.78, 5) is 24.5. The van der Waals surface area contributed by atoms with Crippen LogP contribution in [-0.2, 0) is 4.79 Å². The molecule has 0 aromatic heterocycles. The lowest BCUT2D eigenvalue weighted by molar-refractivity contribution is -0.111. The lowest BCUT2D eigenvalue weighted by Crippen LogP contribution is -2.32. The van der Waals surface area contributed by atoms with Gasteiger partial charge in [0.05, 0.1) is 11.3 Å². The molecule has 0 saturated carbocycles. The van der Waals surface area contributed by atoms with Gasteiger partial charge in [0.2, 0.25) is 5.91 Å². The van der Waals surface area contributed by atoms with Crippen molar-refractivity contribution in [2.45, 2.75) is 26.3 Å². The standard InChI is InChI=1S/C20H21ClN2O2/c1-3-14(2)22-20(25)17-6-4-5-7-18(17)23-19(24)13-10-15-8-11-16(21)12-9-15/h4-14H,3H2,1-2H3,(H,22,25)(H,23,24)/b13-10+.